The molecule has 0 spiro atoms. The van der Waals surface area contributed by atoms with Crippen molar-refractivity contribution in [3.8, 4) is 0 Å². The fraction of sp³-hybridized carbons (Fsp3) is 0.286. The summed E-state index contributed by atoms with van der Waals surface area (Å²) in [6, 6.07) is 7.55. The molecular weight excluding hydrogens is 308 g/mol. The number of rotatable bonds is 5. The second-order valence-corrected chi connectivity index (χ2v) is 5.21. The summed E-state index contributed by atoms with van der Waals surface area (Å²) >= 11 is 5.81. The number of hydrogen-bond donors (Lipinski definition) is 2. The number of nitro groups is 1. The summed E-state index contributed by atoms with van der Waals surface area (Å²) in [6.45, 7) is 3.91. The van der Waals surface area contributed by atoms with E-state index in [0.717, 1.165) is 11.1 Å². The third-order valence-electron chi connectivity index (χ3n) is 3.28. The van der Waals surface area contributed by atoms with Gasteiger partial charge in [-0.1, -0.05) is 53.5 Å². The van der Waals surface area contributed by atoms with Crippen LogP contribution >= 0.6 is 11.6 Å². The predicted octanol–water partition coefficient (Wildman–Crippen LogP) is 3.16. The SMILES string of the molecule is CCC(NC(=O)c1n[nH]c([N+](=O)[O-])c1Cl)c1ccc(C)cc1. The zero-order chi connectivity index (χ0) is 16.3. The fourth-order valence-corrected chi connectivity index (χ4v) is 2.28. The average molecular weight is 323 g/mol. The molecule has 0 saturated heterocycles. The molecule has 2 N–H and O–H groups in total. The van der Waals surface area contributed by atoms with E-state index in [9.17, 15) is 14.9 Å². The molecule has 0 aliphatic heterocycles. The Balaban J connectivity index is 2.19. The van der Waals surface area contributed by atoms with Crippen LogP contribution in [0.4, 0.5) is 5.82 Å². The van der Waals surface area contributed by atoms with Crippen LogP contribution in [0, 0.1) is 17.0 Å². The predicted molar refractivity (Wildman–Crippen MR) is 81.9 cm³/mol. The molecule has 8 heteroatoms. The van der Waals surface area contributed by atoms with Crippen molar-refractivity contribution in [2.45, 2.75) is 26.3 Å². The highest BCUT2D eigenvalue weighted by Crippen LogP contribution is 2.25. The summed E-state index contributed by atoms with van der Waals surface area (Å²) in [5.74, 6) is -1.04. The standard InChI is InChI=1S/C14H15ClN4O3/c1-3-10(9-6-4-8(2)5-7-9)16-14(20)12-11(15)13(18-17-12)19(21)22/h4-7,10H,3H2,1-2H3,(H,16,20)(H,17,18). The molecule has 116 valence electrons. The van der Waals surface area contributed by atoms with Crippen molar-refractivity contribution in [2.24, 2.45) is 0 Å². The zero-order valence-corrected chi connectivity index (χ0v) is 12.8. The number of nitrogens with zero attached hydrogens (tertiary/aromatic N) is 2. The number of aromatic nitrogens is 2. The quantitative estimate of drug-likeness (QED) is 0.652. The highest BCUT2D eigenvalue weighted by molar-refractivity contribution is 6.35. The molecule has 0 aliphatic rings. The van der Waals surface area contributed by atoms with Gasteiger partial charge in [-0.3, -0.25) is 4.79 Å². The van der Waals surface area contributed by atoms with Gasteiger partial charge in [-0.25, -0.2) is 0 Å². The Morgan fingerprint density at radius 2 is 2.09 bits per heavy atom. The first kappa shape index (κ1) is 16.0. The Kier molecular flexibility index (Phi) is 4.77. The van der Waals surface area contributed by atoms with Gasteiger partial charge in [0.15, 0.2) is 10.7 Å². The van der Waals surface area contributed by atoms with E-state index in [4.69, 9.17) is 11.6 Å². The van der Waals surface area contributed by atoms with Gasteiger partial charge in [-0.2, -0.15) is 0 Å². The summed E-state index contributed by atoms with van der Waals surface area (Å²) in [5.41, 5.74) is 1.89. The van der Waals surface area contributed by atoms with Crippen molar-refractivity contribution in [1.82, 2.24) is 15.5 Å². The average Bonchev–Trinajstić information content (AvgIpc) is 2.87. The van der Waals surface area contributed by atoms with Crippen LogP contribution in [-0.4, -0.2) is 21.0 Å². The number of carbonyl (C=O) groups excluding carboxylic acids is 1. The maximum atomic E-state index is 12.2. The van der Waals surface area contributed by atoms with Gasteiger partial charge in [0.25, 0.3) is 5.91 Å². The van der Waals surface area contributed by atoms with Crippen LogP contribution < -0.4 is 5.32 Å². The smallest absolute Gasteiger partial charge is 0.358 e. The molecular formula is C14H15ClN4O3. The van der Waals surface area contributed by atoms with E-state index in [2.05, 4.69) is 15.5 Å². The lowest BCUT2D eigenvalue weighted by Gasteiger charge is -2.16. The monoisotopic (exact) mass is 322 g/mol. The van der Waals surface area contributed by atoms with Crippen LogP contribution in [-0.2, 0) is 0 Å². The molecule has 1 amide bonds. The van der Waals surface area contributed by atoms with Crippen LogP contribution in [0.5, 0.6) is 0 Å². The Morgan fingerprint density at radius 3 is 2.59 bits per heavy atom. The van der Waals surface area contributed by atoms with Crippen molar-refractivity contribution < 1.29 is 9.72 Å². The molecule has 0 bridgehead atoms. The van der Waals surface area contributed by atoms with Crippen molar-refractivity contribution >= 4 is 23.3 Å². The van der Waals surface area contributed by atoms with Gasteiger partial charge >= 0.3 is 5.82 Å². The van der Waals surface area contributed by atoms with Crippen molar-refractivity contribution in [3.05, 3.63) is 56.2 Å². The summed E-state index contributed by atoms with van der Waals surface area (Å²) in [7, 11) is 0. The first-order valence-corrected chi connectivity index (χ1v) is 7.07. The van der Waals surface area contributed by atoms with E-state index in [0.29, 0.717) is 6.42 Å². The third-order valence-corrected chi connectivity index (χ3v) is 3.64. The fourth-order valence-electron chi connectivity index (χ4n) is 2.04. The molecule has 1 atom stereocenters. The zero-order valence-electron chi connectivity index (χ0n) is 12.1. The van der Waals surface area contributed by atoms with Gasteiger partial charge in [0.1, 0.15) is 0 Å². The van der Waals surface area contributed by atoms with Gasteiger partial charge in [0, 0.05) is 0 Å². The van der Waals surface area contributed by atoms with E-state index < -0.39 is 16.6 Å². The Bertz CT molecular complexity index is 697. The van der Waals surface area contributed by atoms with Crippen molar-refractivity contribution in [2.75, 3.05) is 0 Å². The first-order chi connectivity index (χ1) is 10.4. The van der Waals surface area contributed by atoms with Crippen LogP contribution in [0.3, 0.4) is 0 Å². The van der Waals surface area contributed by atoms with Crippen LogP contribution in [0.1, 0.15) is 41.0 Å². The highest BCUT2D eigenvalue weighted by atomic mass is 35.5. The molecule has 1 unspecified atom stereocenters. The Morgan fingerprint density at radius 1 is 1.45 bits per heavy atom. The number of amides is 1. The molecule has 0 radical (unpaired) electrons. The van der Waals surface area contributed by atoms with E-state index in [-0.39, 0.29) is 16.8 Å². The van der Waals surface area contributed by atoms with Crippen LogP contribution in [0.15, 0.2) is 24.3 Å². The number of hydrogen-bond acceptors (Lipinski definition) is 4. The number of aromatic amines is 1. The molecule has 7 nitrogen and oxygen atoms in total. The van der Waals surface area contributed by atoms with Crippen LogP contribution in [0.25, 0.3) is 0 Å². The number of carbonyl (C=O) groups is 1. The molecule has 2 rings (SSSR count). The molecule has 1 aromatic carbocycles. The lowest BCUT2D eigenvalue weighted by atomic mass is 10.0. The minimum atomic E-state index is -0.719. The Hall–Kier alpha value is -2.41. The van der Waals surface area contributed by atoms with Gasteiger partial charge in [0.05, 0.1) is 6.04 Å². The van der Waals surface area contributed by atoms with E-state index >= 15 is 0 Å². The van der Waals surface area contributed by atoms with Gasteiger partial charge in [-0.15, -0.1) is 5.10 Å². The number of aryl methyl sites for hydroxylation is 1. The summed E-state index contributed by atoms with van der Waals surface area (Å²) in [4.78, 5) is 22.2. The maximum Gasteiger partial charge on any atom is 0.362 e. The van der Waals surface area contributed by atoms with Gasteiger partial charge < -0.3 is 15.4 Å². The highest BCUT2D eigenvalue weighted by Gasteiger charge is 2.26. The van der Waals surface area contributed by atoms with E-state index in [1.54, 1.807) is 0 Å². The minimum Gasteiger partial charge on any atom is -0.358 e. The lowest BCUT2D eigenvalue weighted by Crippen LogP contribution is -2.28. The molecule has 2 aromatic rings. The molecule has 0 aliphatic carbocycles. The number of benzene rings is 1. The molecule has 1 heterocycles. The largest absolute Gasteiger partial charge is 0.362 e. The lowest BCUT2D eigenvalue weighted by molar-refractivity contribution is -0.389. The Labute approximate surface area is 131 Å². The van der Waals surface area contributed by atoms with Crippen molar-refractivity contribution in [3.63, 3.8) is 0 Å². The second kappa shape index (κ2) is 6.57. The van der Waals surface area contributed by atoms with Crippen LogP contribution in [0.2, 0.25) is 5.02 Å². The van der Waals surface area contributed by atoms with Crippen molar-refractivity contribution in [1.29, 1.82) is 0 Å². The second-order valence-electron chi connectivity index (χ2n) is 4.84. The minimum absolute atomic E-state index is 0.182. The normalized spacial score (nSPS) is 12.0. The summed E-state index contributed by atoms with van der Waals surface area (Å²) in [6.07, 6.45) is 0.666. The number of nitrogens with one attached hydrogen (secondary N) is 2. The molecule has 0 saturated carbocycles. The molecule has 1 aromatic heterocycles. The maximum absolute atomic E-state index is 12.2. The summed E-state index contributed by atoms with van der Waals surface area (Å²) in [5, 5.41) is 19.0. The van der Waals surface area contributed by atoms with E-state index in [1.807, 2.05) is 38.1 Å². The molecule has 22 heavy (non-hydrogen) atoms. The number of halogens is 1. The van der Waals surface area contributed by atoms with Gasteiger partial charge in [0.2, 0.25) is 0 Å². The summed E-state index contributed by atoms with van der Waals surface area (Å²) < 4.78 is 0. The third kappa shape index (κ3) is 3.25. The van der Waals surface area contributed by atoms with Gasteiger partial charge in [-0.05, 0) is 23.8 Å². The van der Waals surface area contributed by atoms with E-state index in [1.165, 1.54) is 0 Å². The molecule has 0 fully saturated rings. The number of H-pyrrole nitrogens is 1. The topological polar surface area (TPSA) is 101 Å². The first-order valence-electron chi connectivity index (χ1n) is 6.69.